The van der Waals surface area contributed by atoms with Crippen molar-refractivity contribution in [2.24, 2.45) is 0 Å². The molecule has 0 saturated heterocycles. The molecule has 2 atom stereocenters. The van der Waals surface area contributed by atoms with E-state index in [1.807, 2.05) is 6.07 Å². The Balaban J connectivity index is 1.78. The molecule has 2 aromatic heterocycles. The van der Waals surface area contributed by atoms with Crippen molar-refractivity contribution in [2.45, 2.75) is 44.6 Å². The maximum atomic E-state index is 5.51. The van der Waals surface area contributed by atoms with Gasteiger partial charge in [0.15, 0.2) is 0 Å². The summed E-state index contributed by atoms with van der Waals surface area (Å²) in [6.45, 7) is 3.22. The van der Waals surface area contributed by atoms with Gasteiger partial charge in [-0.1, -0.05) is 18.5 Å². The lowest BCUT2D eigenvalue weighted by atomic mass is 10.0. The average molecular weight is 351 g/mol. The molecular weight excluding hydrogens is 332 g/mol. The third-order valence-electron chi connectivity index (χ3n) is 3.89. The van der Waals surface area contributed by atoms with Crippen LogP contribution in [-0.2, 0) is 0 Å². The summed E-state index contributed by atoms with van der Waals surface area (Å²) >= 11 is 3.41. The van der Waals surface area contributed by atoms with Gasteiger partial charge in [0.2, 0.25) is 11.7 Å². The Kier molecular flexibility index (Phi) is 4.65. The first kappa shape index (κ1) is 14.7. The molecule has 0 aromatic carbocycles. The average Bonchev–Trinajstić information content (AvgIpc) is 3.13. The minimum atomic E-state index is 0.331. The zero-order valence-corrected chi connectivity index (χ0v) is 13.6. The minimum Gasteiger partial charge on any atom is -0.339 e. The van der Waals surface area contributed by atoms with Crippen molar-refractivity contribution >= 4 is 15.9 Å². The van der Waals surface area contributed by atoms with Crippen molar-refractivity contribution in [3.8, 4) is 11.4 Å². The van der Waals surface area contributed by atoms with E-state index in [0.717, 1.165) is 35.3 Å². The lowest BCUT2D eigenvalue weighted by Gasteiger charge is -2.17. The lowest BCUT2D eigenvalue weighted by molar-refractivity contribution is 0.330. The molecular formula is C15H19BrN4O. The van der Waals surface area contributed by atoms with Gasteiger partial charge in [-0.15, -0.1) is 0 Å². The van der Waals surface area contributed by atoms with Crippen molar-refractivity contribution in [1.29, 1.82) is 0 Å². The van der Waals surface area contributed by atoms with Crippen LogP contribution in [0.5, 0.6) is 0 Å². The van der Waals surface area contributed by atoms with Gasteiger partial charge in [0, 0.05) is 28.5 Å². The summed E-state index contributed by atoms with van der Waals surface area (Å²) in [5, 5.41) is 7.70. The Bertz CT molecular complexity index is 601. The van der Waals surface area contributed by atoms with Crippen LogP contribution in [0.2, 0.25) is 0 Å². The quantitative estimate of drug-likeness (QED) is 0.893. The predicted octanol–water partition coefficient (Wildman–Crippen LogP) is 3.53. The summed E-state index contributed by atoms with van der Waals surface area (Å²) in [6.07, 6.45) is 8.14. The second-order valence-electron chi connectivity index (χ2n) is 5.45. The largest absolute Gasteiger partial charge is 0.339 e. The summed E-state index contributed by atoms with van der Waals surface area (Å²) in [5.41, 5.74) is 0.871. The van der Waals surface area contributed by atoms with E-state index >= 15 is 0 Å². The summed E-state index contributed by atoms with van der Waals surface area (Å²) in [4.78, 5) is 8.73. The van der Waals surface area contributed by atoms with Crippen molar-refractivity contribution in [3.05, 3.63) is 28.8 Å². The number of halogens is 1. The Hall–Kier alpha value is -1.27. The molecule has 1 fully saturated rings. The molecule has 112 valence electrons. The Labute approximate surface area is 132 Å². The van der Waals surface area contributed by atoms with Crippen LogP contribution in [0.3, 0.4) is 0 Å². The fourth-order valence-electron chi connectivity index (χ4n) is 2.87. The van der Waals surface area contributed by atoms with Crippen LogP contribution in [0, 0.1) is 0 Å². The second-order valence-corrected chi connectivity index (χ2v) is 6.36. The molecule has 1 N–H and O–H groups in total. The first-order valence-electron chi connectivity index (χ1n) is 7.46. The topological polar surface area (TPSA) is 63.8 Å². The van der Waals surface area contributed by atoms with Gasteiger partial charge in [0.05, 0.1) is 5.92 Å². The summed E-state index contributed by atoms with van der Waals surface area (Å²) in [7, 11) is 0. The highest BCUT2D eigenvalue weighted by Gasteiger charge is 2.32. The SMILES string of the molecule is CCCNC1CCCC1c1nc(-c2cncc(Br)c2)no1. The lowest BCUT2D eigenvalue weighted by Crippen LogP contribution is -2.31. The minimum absolute atomic E-state index is 0.331. The van der Waals surface area contributed by atoms with E-state index in [4.69, 9.17) is 4.52 Å². The third kappa shape index (κ3) is 3.32. The maximum absolute atomic E-state index is 5.51. The molecule has 0 radical (unpaired) electrons. The van der Waals surface area contributed by atoms with Gasteiger partial charge in [0.1, 0.15) is 0 Å². The van der Waals surface area contributed by atoms with Crippen LogP contribution >= 0.6 is 15.9 Å². The smallest absolute Gasteiger partial charge is 0.231 e. The van der Waals surface area contributed by atoms with Gasteiger partial charge in [-0.05, 0) is 47.8 Å². The number of nitrogens with zero attached hydrogens (tertiary/aromatic N) is 3. The van der Waals surface area contributed by atoms with E-state index in [1.165, 1.54) is 12.8 Å². The molecule has 1 saturated carbocycles. The Morgan fingerprint density at radius 1 is 1.38 bits per heavy atom. The zero-order chi connectivity index (χ0) is 14.7. The molecule has 5 nitrogen and oxygen atoms in total. The van der Waals surface area contributed by atoms with E-state index in [2.05, 4.69) is 43.3 Å². The molecule has 2 unspecified atom stereocenters. The van der Waals surface area contributed by atoms with Crippen LogP contribution in [0.15, 0.2) is 27.5 Å². The highest BCUT2D eigenvalue weighted by atomic mass is 79.9. The van der Waals surface area contributed by atoms with Crippen molar-refractivity contribution < 1.29 is 4.52 Å². The highest BCUT2D eigenvalue weighted by Crippen LogP contribution is 2.34. The van der Waals surface area contributed by atoms with Gasteiger partial charge in [-0.25, -0.2) is 0 Å². The molecule has 6 heteroatoms. The number of aromatic nitrogens is 3. The number of hydrogen-bond acceptors (Lipinski definition) is 5. The highest BCUT2D eigenvalue weighted by molar-refractivity contribution is 9.10. The van der Waals surface area contributed by atoms with Gasteiger partial charge in [-0.2, -0.15) is 4.98 Å². The van der Waals surface area contributed by atoms with Crippen molar-refractivity contribution in [1.82, 2.24) is 20.4 Å². The van der Waals surface area contributed by atoms with Gasteiger partial charge in [-0.3, -0.25) is 4.98 Å². The number of nitrogens with one attached hydrogen (secondary N) is 1. The molecule has 2 aromatic rings. The molecule has 0 aliphatic heterocycles. The molecule has 1 aliphatic carbocycles. The molecule has 21 heavy (non-hydrogen) atoms. The van der Waals surface area contributed by atoms with Gasteiger partial charge < -0.3 is 9.84 Å². The van der Waals surface area contributed by atoms with Crippen molar-refractivity contribution in [2.75, 3.05) is 6.54 Å². The molecule has 3 rings (SSSR count). The van der Waals surface area contributed by atoms with Crippen molar-refractivity contribution in [3.63, 3.8) is 0 Å². The number of rotatable bonds is 5. The Morgan fingerprint density at radius 2 is 2.29 bits per heavy atom. The van der Waals surface area contributed by atoms with E-state index in [9.17, 15) is 0 Å². The maximum Gasteiger partial charge on any atom is 0.231 e. The van der Waals surface area contributed by atoms with E-state index in [0.29, 0.717) is 17.8 Å². The first-order chi connectivity index (χ1) is 10.3. The molecule has 0 bridgehead atoms. The normalized spacial score (nSPS) is 21.8. The second kappa shape index (κ2) is 6.66. The van der Waals surface area contributed by atoms with Crippen LogP contribution in [0.1, 0.15) is 44.4 Å². The van der Waals surface area contributed by atoms with Crippen LogP contribution < -0.4 is 5.32 Å². The van der Waals surface area contributed by atoms with Crippen LogP contribution in [-0.4, -0.2) is 27.7 Å². The predicted molar refractivity (Wildman–Crippen MR) is 83.9 cm³/mol. The van der Waals surface area contributed by atoms with E-state index < -0.39 is 0 Å². The van der Waals surface area contributed by atoms with Gasteiger partial charge in [0.25, 0.3) is 0 Å². The summed E-state index contributed by atoms with van der Waals surface area (Å²) in [5.74, 6) is 1.69. The standard InChI is InChI=1S/C15H19BrN4O/c1-2-6-18-13-5-3-4-12(13)15-19-14(20-21-15)10-7-11(16)9-17-8-10/h7-9,12-13,18H,2-6H2,1H3. The number of pyridine rings is 1. The molecule has 0 amide bonds. The number of hydrogen-bond donors (Lipinski definition) is 1. The molecule has 2 heterocycles. The summed E-state index contributed by atoms with van der Waals surface area (Å²) < 4.78 is 6.42. The first-order valence-corrected chi connectivity index (χ1v) is 8.25. The fourth-order valence-corrected chi connectivity index (χ4v) is 3.23. The van der Waals surface area contributed by atoms with Crippen LogP contribution in [0.25, 0.3) is 11.4 Å². The van der Waals surface area contributed by atoms with E-state index in [-0.39, 0.29) is 0 Å². The third-order valence-corrected chi connectivity index (χ3v) is 4.33. The van der Waals surface area contributed by atoms with E-state index in [1.54, 1.807) is 12.4 Å². The Morgan fingerprint density at radius 3 is 3.10 bits per heavy atom. The van der Waals surface area contributed by atoms with Gasteiger partial charge >= 0.3 is 0 Å². The molecule has 1 aliphatic rings. The molecule has 0 spiro atoms. The zero-order valence-electron chi connectivity index (χ0n) is 12.1. The van der Waals surface area contributed by atoms with Crippen LogP contribution in [0.4, 0.5) is 0 Å². The summed E-state index contributed by atoms with van der Waals surface area (Å²) in [6, 6.07) is 2.40. The fraction of sp³-hybridized carbons (Fsp3) is 0.533. The monoisotopic (exact) mass is 350 g/mol.